The highest BCUT2D eigenvalue weighted by Crippen LogP contribution is 2.23. The van der Waals surface area contributed by atoms with Crippen LogP contribution in [0.15, 0.2) is 17.4 Å². The van der Waals surface area contributed by atoms with Gasteiger partial charge in [0.15, 0.2) is 5.96 Å². The average Bonchev–Trinajstić information content (AvgIpc) is 3.00. The van der Waals surface area contributed by atoms with Gasteiger partial charge in [0.1, 0.15) is 5.82 Å². The molecule has 1 aromatic rings. The zero-order valence-electron chi connectivity index (χ0n) is 13.5. The molecule has 1 saturated heterocycles. The summed E-state index contributed by atoms with van der Waals surface area (Å²) < 4.78 is 2.03. The van der Waals surface area contributed by atoms with Crippen LogP contribution in [0, 0.1) is 11.8 Å². The molecule has 120 valence electrons. The van der Waals surface area contributed by atoms with Gasteiger partial charge in [-0.15, -0.1) is 24.0 Å². The van der Waals surface area contributed by atoms with Crippen LogP contribution in [0.5, 0.6) is 0 Å². The van der Waals surface area contributed by atoms with Crippen molar-refractivity contribution in [3.63, 3.8) is 0 Å². The maximum atomic E-state index is 4.41. The summed E-state index contributed by atoms with van der Waals surface area (Å²) in [5, 5.41) is 3.42. The van der Waals surface area contributed by atoms with Gasteiger partial charge in [0.05, 0.1) is 6.54 Å². The number of imidazole rings is 1. The summed E-state index contributed by atoms with van der Waals surface area (Å²) in [6, 6.07) is 0. The standard InChI is InChI=1S/C15H27N5.HI/c1-12(2)9-13-5-7-20(11-13)15(16-3)18-10-14-17-6-8-19(14)4;/h6,8,12-13H,5,7,9-11H2,1-4H3,(H,16,18);1H. The second kappa shape index (κ2) is 8.60. The lowest BCUT2D eigenvalue weighted by molar-refractivity contribution is 0.403. The Morgan fingerprint density at radius 1 is 1.52 bits per heavy atom. The molecule has 0 radical (unpaired) electrons. The molecule has 0 bridgehead atoms. The minimum absolute atomic E-state index is 0. The molecule has 0 saturated carbocycles. The Morgan fingerprint density at radius 3 is 2.86 bits per heavy atom. The molecule has 1 fully saturated rings. The van der Waals surface area contributed by atoms with Gasteiger partial charge in [0.2, 0.25) is 0 Å². The van der Waals surface area contributed by atoms with Crippen LogP contribution in [0.1, 0.15) is 32.5 Å². The maximum Gasteiger partial charge on any atom is 0.194 e. The highest BCUT2D eigenvalue weighted by atomic mass is 127. The summed E-state index contributed by atoms with van der Waals surface area (Å²) in [6.07, 6.45) is 6.39. The number of nitrogens with zero attached hydrogens (tertiary/aromatic N) is 4. The average molecular weight is 405 g/mol. The fourth-order valence-corrected chi connectivity index (χ4v) is 2.94. The molecule has 1 unspecified atom stereocenters. The molecule has 1 aliphatic heterocycles. The third-order valence-corrected chi connectivity index (χ3v) is 3.93. The van der Waals surface area contributed by atoms with Crippen LogP contribution in [0.25, 0.3) is 0 Å². The fraction of sp³-hybridized carbons (Fsp3) is 0.733. The van der Waals surface area contributed by atoms with E-state index in [4.69, 9.17) is 0 Å². The molecule has 1 N–H and O–H groups in total. The first kappa shape index (κ1) is 18.3. The van der Waals surface area contributed by atoms with Crippen molar-refractivity contribution in [2.24, 2.45) is 23.9 Å². The number of hydrogen-bond donors (Lipinski definition) is 1. The zero-order valence-corrected chi connectivity index (χ0v) is 15.9. The van der Waals surface area contributed by atoms with Crippen molar-refractivity contribution in [3.05, 3.63) is 18.2 Å². The third-order valence-electron chi connectivity index (χ3n) is 3.93. The zero-order chi connectivity index (χ0) is 14.5. The van der Waals surface area contributed by atoms with Crippen molar-refractivity contribution in [1.29, 1.82) is 0 Å². The largest absolute Gasteiger partial charge is 0.349 e. The van der Waals surface area contributed by atoms with Gasteiger partial charge in [-0.3, -0.25) is 4.99 Å². The summed E-state index contributed by atoms with van der Waals surface area (Å²) in [4.78, 5) is 11.1. The van der Waals surface area contributed by atoms with Crippen LogP contribution >= 0.6 is 24.0 Å². The van der Waals surface area contributed by atoms with E-state index in [0.29, 0.717) is 0 Å². The molecule has 6 heteroatoms. The highest BCUT2D eigenvalue weighted by Gasteiger charge is 2.25. The monoisotopic (exact) mass is 405 g/mol. The van der Waals surface area contributed by atoms with E-state index in [1.807, 2.05) is 31.1 Å². The molecular formula is C15H28IN5. The molecule has 2 heterocycles. The minimum Gasteiger partial charge on any atom is -0.349 e. The number of hydrogen-bond acceptors (Lipinski definition) is 2. The van der Waals surface area contributed by atoms with E-state index in [1.54, 1.807) is 0 Å². The van der Waals surface area contributed by atoms with E-state index in [9.17, 15) is 0 Å². The van der Waals surface area contributed by atoms with E-state index in [-0.39, 0.29) is 24.0 Å². The third kappa shape index (κ3) is 5.16. The topological polar surface area (TPSA) is 45.5 Å². The Balaban J connectivity index is 0.00000220. The lowest BCUT2D eigenvalue weighted by Crippen LogP contribution is -2.40. The molecule has 0 amide bonds. The van der Waals surface area contributed by atoms with Crippen molar-refractivity contribution in [1.82, 2.24) is 19.8 Å². The summed E-state index contributed by atoms with van der Waals surface area (Å²) in [7, 11) is 3.87. The van der Waals surface area contributed by atoms with Gasteiger partial charge < -0.3 is 14.8 Å². The van der Waals surface area contributed by atoms with E-state index >= 15 is 0 Å². The first-order chi connectivity index (χ1) is 9.60. The SMILES string of the molecule is CN=C(NCc1nccn1C)N1CCC(CC(C)C)C1.I. The number of aliphatic imine (C=N–C) groups is 1. The van der Waals surface area contributed by atoms with Gasteiger partial charge in [-0.05, 0) is 24.7 Å². The Labute approximate surface area is 145 Å². The van der Waals surface area contributed by atoms with E-state index in [1.165, 1.54) is 12.8 Å². The smallest absolute Gasteiger partial charge is 0.194 e. The molecular weight excluding hydrogens is 377 g/mol. The first-order valence-electron chi connectivity index (χ1n) is 7.52. The van der Waals surface area contributed by atoms with Crippen LogP contribution in [0.2, 0.25) is 0 Å². The molecule has 0 spiro atoms. The number of likely N-dealkylation sites (tertiary alicyclic amines) is 1. The van der Waals surface area contributed by atoms with Crippen molar-refractivity contribution in [3.8, 4) is 0 Å². The Kier molecular flexibility index (Phi) is 7.48. The lowest BCUT2D eigenvalue weighted by atomic mass is 9.97. The van der Waals surface area contributed by atoms with Crippen LogP contribution < -0.4 is 5.32 Å². The second-order valence-electron chi connectivity index (χ2n) is 6.09. The summed E-state index contributed by atoms with van der Waals surface area (Å²) in [5.41, 5.74) is 0. The van der Waals surface area contributed by atoms with Gasteiger partial charge in [-0.2, -0.15) is 0 Å². The number of nitrogens with one attached hydrogen (secondary N) is 1. The van der Waals surface area contributed by atoms with Gasteiger partial charge in [0.25, 0.3) is 0 Å². The first-order valence-corrected chi connectivity index (χ1v) is 7.52. The number of guanidine groups is 1. The molecule has 1 atom stereocenters. The van der Waals surface area contributed by atoms with Crippen molar-refractivity contribution in [2.75, 3.05) is 20.1 Å². The van der Waals surface area contributed by atoms with Crippen molar-refractivity contribution < 1.29 is 0 Å². The summed E-state index contributed by atoms with van der Waals surface area (Å²) in [6.45, 7) is 7.56. The Bertz CT molecular complexity index is 455. The number of aryl methyl sites for hydroxylation is 1. The predicted octanol–water partition coefficient (Wildman–Crippen LogP) is 2.48. The summed E-state index contributed by atoms with van der Waals surface area (Å²) in [5.74, 6) is 3.62. The van der Waals surface area contributed by atoms with Crippen molar-refractivity contribution in [2.45, 2.75) is 33.2 Å². The summed E-state index contributed by atoms with van der Waals surface area (Å²) >= 11 is 0. The van der Waals surface area contributed by atoms with Crippen LogP contribution in [0.3, 0.4) is 0 Å². The van der Waals surface area contributed by atoms with Crippen LogP contribution in [-0.2, 0) is 13.6 Å². The maximum absolute atomic E-state index is 4.41. The van der Waals surface area contributed by atoms with E-state index in [0.717, 1.165) is 43.3 Å². The van der Waals surface area contributed by atoms with Gasteiger partial charge in [-0.25, -0.2) is 4.98 Å². The van der Waals surface area contributed by atoms with Crippen LogP contribution in [0.4, 0.5) is 0 Å². The van der Waals surface area contributed by atoms with E-state index in [2.05, 4.69) is 34.0 Å². The Hall–Kier alpha value is -0.790. The molecule has 2 rings (SSSR count). The second-order valence-corrected chi connectivity index (χ2v) is 6.09. The quantitative estimate of drug-likeness (QED) is 0.476. The number of halogens is 1. The number of rotatable bonds is 4. The van der Waals surface area contributed by atoms with E-state index < -0.39 is 0 Å². The molecule has 0 aromatic carbocycles. The Morgan fingerprint density at radius 2 is 2.29 bits per heavy atom. The van der Waals surface area contributed by atoms with Gasteiger partial charge in [-0.1, -0.05) is 13.8 Å². The molecule has 1 aliphatic rings. The van der Waals surface area contributed by atoms with Crippen LogP contribution in [-0.4, -0.2) is 40.5 Å². The lowest BCUT2D eigenvalue weighted by Gasteiger charge is -2.22. The molecule has 5 nitrogen and oxygen atoms in total. The minimum atomic E-state index is 0. The number of aromatic nitrogens is 2. The van der Waals surface area contributed by atoms with Gasteiger partial charge in [0, 0.05) is 39.6 Å². The normalized spacial score (nSPS) is 19.0. The fourth-order valence-electron chi connectivity index (χ4n) is 2.94. The predicted molar refractivity (Wildman–Crippen MR) is 98.0 cm³/mol. The molecule has 1 aromatic heterocycles. The van der Waals surface area contributed by atoms with Crippen molar-refractivity contribution >= 4 is 29.9 Å². The molecule has 0 aliphatic carbocycles. The highest BCUT2D eigenvalue weighted by molar-refractivity contribution is 14.0. The molecule has 21 heavy (non-hydrogen) atoms. The van der Waals surface area contributed by atoms with Gasteiger partial charge >= 0.3 is 0 Å².